The van der Waals surface area contributed by atoms with E-state index in [2.05, 4.69) is 23.1 Å². The van der Waals surface area contributed by atoms with Crippen molar-refractivity contribution in [3.63, 3.8) is 0 Å². The number of nitriles is 1. The van der Waals surface area contributed by atoms with Crippen molar-refractivity contribution in [1.82, 2.24) is 14.6 Å². The summed E-state index contributed by atoms with van der Waals surface area (Å²) in [5.74, 6) is 0.812. The van der Waals surface area contributed by atoms with Crippen LogP contribution in [0.5, 0.6) is 5.75 Å². The van der Waals surface area contributed by atoms with Crippen LogP contribution in [0, 0.1) is 25.2 Å². The summed E-state index contributed by atoms with van der Waals surface area (Å²) in [7, 11) is 1.65. The summed E-state index contributed by atoms with van der Waals surface area (Å²) in [6, 6.07) is 6.20. The highest BCUT2D eigenvalue weighted by Crippen LogP contribution is 2.33. The Morgan fingerprint density at radius 1 is 1.30 bits per heavy atom. The smallest absolute Gasteiger partial charge is 0.214 e. The molecular formula is C17H18N4OS. The molecule has 3 aromatic rings. The van der Waals surface area contributed by atoms with Crippen molar-refractivity contribution in [2.75, 3.05) is 7.11 Å². The van der Waals surface area contributed by atoms with Crippen LogP contribution in [0.2, 0.25) is 0 Å². The molecule has 0 radical (unpaired) electrons. The van der Waals surface area contributed by atoms with Gasteiger partial charge in [-0.2, -0.15) is 14.9 Å². The molecule has 0 unspecified atom stereocenters. The Kier molecular flexibility index (Phi) is 4.05. The van der Waals surface area contributed by atoms with E-state index in [1.807, 2.05) is 26.0 Å². The Hall–Kier alpha value is -2.39. The topological polar surface area (TPSA) is 63.2 Å². The zero-order valence-electron chi connectivity index (χ0n) is 13.7. The third kappa shape index (κ3) is 2.57. The first-order valence-electron chi connectivity index (χ1n) is 7.53. The lowest BCUT2D eigenvalue weighted by atomic mass is 9.98. The minimum absolute atomic E-state index is 0.495. The molecule has 5 nitrogen and oxygen atoms in total. The van der Waals surface area contributed by atoms with Crippen LogP contribution in [0.4, 0.5) is 0 Å². The van der Waals surface area contributed by atoms with Crippen LogP contribution in [0.1, 0.15) is 35.2 Å². The normalized spacial score (nSPS) is 10.9. The summed E-state index contributed by atoms with van der Waals surface area (Å²) in [5.41, 5.74) is 4.26. The van der Waals surface area contributed by atoms with E-state index in [1.54, 1.807) is 23.0 Å². The quantitative estimate of drug-likeness (QED) is 0.729. The summed E-state index contributed by atoms with van der Waals surface area (Å²) in [6.45, 7) is 6.13. The molecule has 0 aliphatic carbocycles. The second-order valence-electron chi connectivity index (χ2n) is 5.50. The van der Waals surface area contributed by atoms with Gasteiger partial charge in [0, 0.05) is 12.0 Å². The van der Waals surface area contributed by atoms with Crippen LogP contribution in [0.3, 0.4) is 0 Å². The number of methoxy groups -OCH3 is 1. The number of imidazole rings is 1. The fourth-order valence-corrected chi connectivity index (χ4v) is 3.79. The first-order valence-corrected chi connectivity index (χ1v) is 8.34. The maximum absolute atomic E-state index is 9.62. The van der Waals surface area contributed by atoms with Crippen LogP contribution in [-0.4, -0.2) is 21.7 Å². The summed E-state index contributed by atoms with van der Waals surface area (Å²) < 4.78 is 6.98. The van der Waals surface area contributed by atoms with Crippen LogP contribution in [0.25, 0.3) is 16.2 Å². The summed E-state index contributed by atoms with van der Waals surface area (Å²) in [5, 5.41) is 15.2. The third-order valence-electron chi connectivity index (χ3n) is 3.79. The predicted octanol–water partition coefficient (Wildman–Crippen LogP) is 3.91. The Labute approximate surface area is 139 Å². The van der Waals surface area contributed by atoms with Crippen LogP contribution in [-0.2, 0) is 6.42 Å². The zero-order chi connectivity index (χ0) is 16.6. The fourth-order valence-electron chi connectivity index (χ4n) is 2.79. The predicted molar refractivity (Wildman–Crippen MR) is 91.0 cm³/mol. The second-order valence-corrected chi connectivity index (χ2v) is 6.54. The molecule has 0 spiro atoms. The molecule has 23 heavy (non-hydrogen) atoms. The molecular weight excluding hydrogens is 308 g/mol. The van der Waals surface area contributed by atoms with Gasteiger partial charge in [0.1, 0.15) is 22.5 Å². The number of hydrogen-bond acceptors (Lipinski definition) is 5. The molecule has 0 atom stereocenters. The molecule has 0 saturated carbocycles. The lowest BCUT2D eigenvalue weighted by Crippen LogP contribution is -1.96. The molecule has 3 rings (SSSR count). The van der Waals surface area contributed by atoms with E-state index in [1.165, 1.54) is 0 Å². The molecule has 0 fully saturated rings. The average molecular weight is 326 g/mol. The zero-order valence-corrected chi connectivity index (χ0v) is 14.5. The van der Waals surface area contributed by atoms with Gasteiger partial charge >= 0.3 is 0 Å². The molecule has 6 heteroatoms. The number of fused-ring (bicyclic) bond motifs is 1. The van der Waals surface area contributed by atoms with E-state index < -0.39 is 0 Å². The van der Waals surface area contributed by atoms with Crippen LogP contribution in [0.15, 0.2) is 12.1 Å². The minimum Gasteiger partial charge on any atom is -0.497 e. The fraction of sp³-hybridized carbons (Fsp3) is 0.353. The highest BCUT2D eigenvalue weighted by Gasteiger charge is 2.20. The maximum atomic E-state index is 9.62. The van der Waals surface area contributed by atoms with Gasteiger partial charge in [-0.25, -0.2) is 4.98 Å². The van der Waals surface area contributed by atoms with Crippen molar-refractivity contribution in [3.8, 4) is 23.1 Å². The van der Waals surface area contributed by atoms with Gasteiger partial charge in [0.05, 0.1) is 7.11 Å². The number of hydrogen-bond donors (Lipinski definition) is 0. The minimum atomic E-state index is 0.495. The van der Waals surface area contributed by atoms with Crippen LogP contribution < -0.4 is 4.74 Å². The number of nitrogens with zero attached hydrogens (tertiary/aromatic N) is 4. The average Bonchev–Trinajstić information content (AvgIpc) is 3.03. The van der Waals surface area contributed by atoms with Gasteiger partial charge in [-0.3, -0.25) is 0 Å². The highest BCUT2D eigenvalue weighted by atomic mass is 32.1. The first kappa shape index (κ1) is 15.5. The van der Waals surface area contributed by atoms with Gasteiger partial charge in [0.15, 0.2) is 5.69 Å². The monoisotopic (exact) mass is 326 g/mol. The molecule has 2 aromatic heterocycles. The SMILES string of the molecule is CCCc1nn2c(C#N)c(-c3c(C)cc(OC)cc3C)nc2s1. The summed E-state index contributed by atoms with van der Waals surface area (Å²) in [6.07, 6.45) is 1.94. The second kappa shape index (κ2) is 6.01. The van der Waals surface area contributed by atoms with E-state index >= 15 is 0 Å². The van der Waals surface area contributed by atoms with Crippen LogP contribution >= 0.6 is 11.3 Å². The third-order valence-corrected chi connectivity index (χ3v) is 4.76. The Balaban J connectivity index is 2.21. The van der Waals surface area contributed by atoms with Gasteiger partial charge < -0.3 is 4.74 Å². The van der Waals surface area contributed by atoms with E-state index in [0.29, 0.717) is 11.4 Å². The molecule has 118 valence electrons. The van der Waals surface area contributed by atoms with Crippen molar-refractivity contribution >= 4 is 16.3 Å². The van der Waals surface area contributed by atoms with E-state index in [4.69, 9.17) is 4.74 Å². The van der Waals surface area contributed by atoms with Gasteiger partial charge in [-0.05, 0) is 43.5 Å². The summed E-state index contributed by atoms with van der Waals surface area (Å²) in [4.78, 5) is 5.46. The molecule has 0 aliphatic heterocycles. The highest BCUT2D eigenvalue weighted by molar-refractivity contribution is 7.16. The molecule has 0 N–H and O–H groups in total. The number of benzene rings is 1. The number of aryl methyl sites for hydroxylation is 3. The van der Waals surface area contributed by atoms with Gasteiger partial charge in [-0.15, -0.1) is 0 Å². The first-order chi connectivity index (χ1) is 11.1. The Morgan fingerprint density at radius 3 is 2.57 bits per heavy atom. The Morgan fingerprint density at radius 2 is 2.00 bits per heavy atom. The van der Waals surface area contributed by atoms with E-state index in [0.717, 1.165) is 45.3 Å². The number of ether oxygens (including phenoxy) is 1. The van der Waals surface area contributed by atoms with E-state index in [-0.39, 0.29) is 0 Å². The molecule has 1 aromatic carbocycles. The lowest BCUT2D eigenvalue weighted by Gasteiger charge is -2.10. The maximum Gasteiger partial charge on any atom is 0.214 e. The van der Waals surface area contributed by atoms with Crippen molar-refractivity contribution in [1.29, 1.82) is 5.26 Å². The van der Waals surface area contributed by atoms with Gasteiger partial charge in [-0.1, -0.05) is 18.3 Å². The standard InChI is InChI=1S/C17H18N4OS/c1-5-6-14-20-21-13(9-18)16(19-17(21)23-14)15-10(2)7-12(22-4)8-11(15)3/h7-8H,5-6H2,1-4H3. The van der Waals surface area contributed by atoms with Crippen molar-refractivity contribution in [2.45, 2.75) is 33.6 Å². The molecule has 2 heterocycles. The molecule has 0 amide bonds. The molecule has 0 aliphatic rings. The van der Waals surface area contributed by atoms with E-state index in [9.17, 15) is 5.26 Å². The van der Waals surface area contributed by atoms with Crippen molar-refractivity contribution in [3.05, 3.63) is 34.0 Å². The van der Waals surface area contributed by atoms with Crippen molar-refractivity contribution in [2.24, 2.45) is 0 Å². The summed E-state index contributed by atoms with van der Waals surface area (Å²) >= 11 is 1.55. The molecule has 0 saturated heterocycles. The number of aromatic nitrogens is 3. The van der Waals surface area contributed by atoms with Crippen molar-refractivity contribution < 1.29 is 4.74 Å². The lowest BCUT2D eigenvalue weighted by molar-refractivity contribution is 0.414. The number of rotatable bonds is 4. The van der Waals surface area contributed by atoms with Gasteiger partial charge in [0.25, 0.3) is 0 Å². The van der Waals surface area contributed by atoms with Gasteiger partial charge in [0.2, 0.25) is 4.96 Å². The molecule has 0 bridgehead atoms. The Bertz CT molecular complexity index is 894. The largest absolute Gasteiger partial charge is 0.497 e.